The maximum Gasteiger partial charge on any atom is 0.117 e. The Hall–Kier alpha value is -0.420. The van der Waals surface area contributed by atoms with E-state index < -0.39 is 29.8 Å². The van der Waals surface area contributed by atoms with Crippen molar-refractivity contribution in [2.24, 2.45) is 16.7 Å². The third-order valence-corrected chi connectivity index (χ3v) is 5.77. The van der Waals surface area contributed by atoms with E-state index in [4.69, 9.17) is 0 Å². The number of aliphatic hydroxyl groups is 4. The molecule has 19 heavy (non-hydrogen) atoms. The van der Waals surface area contributed by atoms with Gasteiger partial charge in [-0.15, -0.1) is 0 Å². The molecular weight excluding hydrogens is 244 g/mol. The summed E-state index contributed by atoms with van der Waals surface area (Å²) in [5.41, 5.74) is -2.26. The number of hydrogen-bond donors (Lipinski definition) is 4. The molecule has 110 valence electrons. The molecule has 4 heteroatoms. The molecule has 0 aromatic heterocycles. The molecule has 0 spiro atoms. The van der Waals surface area contributed by atoms with Gasteiger partial charge in [0.25, 0.3) is 0 Å². The van der Waals surface area contributed by atoms with Crippen LogP contribution in [0.3, 0.4) is 0 Å². The molecule has 5 atom stereocenters. The Labute approximate surface area is 114 Å². The highest BCUT2D eigenvalue weighted by molar-refractivity contribution is 5.31. The van der Waals surface area contributed by atoms with Crippen LogP contribution in [-0.4, -0.2) is 44.8 Å². The summed E-state index contributed by atoms with van der Waals surface area (Å²) in [6.45, 7) is 9.26. The van der Waals surface area contributed by atoms with E-state index in [0.29, 0.717) is 6.42 Å². The van der Waals surface area contributed by atoms with Crippen molar-refractivity contribution in [1.82, 2.24) is 0 Å². The Morgan fingerprint density at radius 1 is 1.21 bits per heavy atom. The van der Waals surface area contributed by atoms with Crippen LogP contribution < -0.4 is 0 Å². The van der Waals surface area contributed by atoms with E-state index in [1.54, 1.807) is 0 Å². The minimum absolute atomic E-state index is 0.138. The molecule has 0 heterocycles. The Morgan fingerprint density at radius 3 is 2.32 bits per heavy atom. The molecule has 0 aromatic carbocycles. The lowest BCUT2D eigenvalue weighted by Gasteiger charge is -2.63. The maximum atomic E-state index is 10.9. The van der Waals surface area contributed by atoms with Gasteiger partial charge < -0.3 is 20.4 Å². The standard InChI is InChI=1S/C15H26O4/c1-9-10(17)11(18)12-13(2,3)6-5-7-14(12,4)15(9,19)8-16/h10-12,16-19H,1,5-8H2,2-4H3. The van der Waals surface area contributed by atoms with Crippen molar-refractivity contribution >= 4 is 0 Å². The van der Waals surface area contributed by atoms with E-state index in [0.717, 1.165) is 12.8 Å². The van der Waals surface area contributed by atoms with Crippen LogP contribution in [0.4, 0.5) is 0 Å². The first-order valence-corrected chi connectivity index (χ1v) is 7.00. The van der Waals surface area contributed by atoms with Crippen molar-refractivity contribution < 1.29 is 20.4 Å². The van der Waals surface area contributed by atoms with Gasteiger partial charge in [-0.2, -0.15) is 0 Å². The average molecular weight is 270 g/mol. The van der Waals surface area contributed by atoms with Gasteiger partial charge in [0.1, 0.15) is 11.7 Å². The van der Waals surface area contributed by atoms with Crippen molar-refractivity contribution in [3.8, 4) is 0 Å². The first kappa shape index (κ1) is 15.0. The molecule has 0 aliphatic heterocycles. The second kappa shape index (κ2) is 4.29. The zero-order valence-corrected chi connectivity index (χ0v) is 12.1. The van der Waals surface area contributed by atoms with E-state index in [-0.39, 0.29) is 16.9 Å². The normalized spacial score (nSPS) is 49.8. The van der Waals surface area contributed by atoms with Crippen LogP contribution in [0.5, 0.6) is 0 Å². The predicted octanol–water partition coefficient (Wildman–Crippen LogP) is 0.834. The van der Waals surface area contributed by atoms with Crippen LogP contribution >= 0.6 is 0 Å². The van der Waals surface area contributed by atoms with Crippen molar-refractivity contribution in [3.05, 3.63) is 12.2 Å². The molecule has 2 rings (SSSR count). The fraction of sp³-hybridized carbons (Fsp3) is 0.867. The maximum absolute atomic E-state index is 10.9. The van der Waals surface area contributed by atoms with Gasteiger partial charge in [-0.1, -0.05) is 33.8 Å². The molecule has 0 bridgehead atoms. The molecule has 0 saturated heterocycles. The summed E-state index contributed by atoms with van der Waals surface area (Å²) in [6, 6.07) is 0. The van der Waals surface area contributed by atoms with Crippen LogP contribution in [0.25, 0.3) is 0 Å². The molecule has 0 radical (unpaired) electrons. The highest BCUT2D eigenvalue weighted by Gasteiger charge is 2.65. The van der Waals surface area contributed by atoms with Crippen molar-refractivity contribution in [2.75, 3.05) is 6.61 Å². The van der Waals surface area contributed by atoms with Crippen LogP contribution in [0.1, 0.15) is 40.0 Å². The molecule has 2 fully saturated rings. The van der Waals surface area contributed by atoms with Gasteiger partial charge in [0.15, 0.2) is 0 Å². The van der Waals surface area contributed by atoms with Gasteiger partial charge >= 0.3 is 0 Å². The lowest BCUT2D eigenvalue weighted by Crippen LogP contribution is -2.69. The van der Waals surface area contributed by atoms with Gasteiger partial charge in [-0.3, -0.25) is 0 Å². The molecule has 2 saturated carbocycles. The van der Waals surface area contributed by atoms with Gasteiger partial charge in [-0.25, -0.2) is 0 Å². The van der Waals surface area contributed by atoms with Crippen LogP contribution in [-0.2, 0) is 0 Å². The topological polar surface area (TPSA) is 80.9 Å². The Kier molecular flexibility index (Phi) is 3.38. The van der Waals surface area contributed by atoms with Crippen LogP contribution in [0, 0.1) is 16.7 Å². The smallest absolute Gasteiger partial charge is 0.117 e. The minimum atomic E-state index is -1.53. The summed E-state index contributed by atoms with van der Waals surface area (Å²) in [5, 5.41) is 41.2. The van der Waals surface area contributed by atoms with Gasteiger partial charge in [0.05, 0.1) is 12.7 Å². The zero-order chi connectivity index (χ0) is 14.6. The Bertz CT molecular complexity index is 392. The number of rotatable bonds is 1. The van der Waals surface area contributed by atoms with Gasteiger partial charge in [0, 0.05) is 11.3 Å². The summed E-state index contributed by atoms with van der Waals surface area (Å²) in [7, 11) is 0. The summed E-state index contributed by atoms with van der Waals surface area (Å²) < 4.78 is 0. The average Bonchev–Trinajstić information content (AvgIpc) is 2.32. The number of fused-ring (bicyclic) bond motifs is 1. The van der Waals surface area contributed by atoms with E-state index in [2.05, 4.69) is 20.4 Å². The van der Waals surface area contributed by atoms with Gasteiger partial charge in [-0.05, 0) is 23.8 Å². The fourth-order valence-electron chi connectivity index (χ4n) is 4.67. The zero-order valence-electron chi connectivity index (χ0n) is 12.1. The predicted molar refractivity (Wildman–Crippen MR) is 72.4 cm³/mol. The molecule has 4 nitrogen and oxygen atoms in total. The summed E-state index contributed by atoms with van der Waals surface area (Å²) in [4.78, 5) is 0. The molecular formula is C15H26O4. The van der Waals surface area contributed by atoms with Crippen molar-refractivity contribution in [1.29, 1.82) is 0 Å². The molecule has 5 unspecified atom stereocenters. The number of hydrogen-bond acceptors (Lipinski definition) is 4. The molecule has 2 aliphatic carbocycles. The van der Waals surface area contributed by atoms with Gasteiger partial charge in [0.2, 0.25) is 0 Å². The summed E-state index contributed by atoms with van der Waals surface area (Å²) in [6.07, 6.45) is 0.442. The SMILES string of the molecule is C=C1C(O)C(O)C2C(C)(C)CCCC2(C)C1(O)CO. The summed E-state index contributed by atoms with van der Waals surface area (Å²) in [5.74, 6) is -0.272. The lowest BCUT2D eigenvalue weighted by molar-refractivity contribution is -0.227. The Balaban J connectivity index is 2.59. The van der Waals surface area contributed by atoms with Crippen molar-refractivity contribution in [3.63, 3.8) is 0 Å². The number of aliphatic hydroxyl groups excluding tert-OH is 3. The quantitative estimate of drug-likeness (QED) is 0.532. The first-order chi connectivity index (χ1) is 8.62. The lowest BCUT2D eigenvalue weighted by atomic mass is 9.44. The van der Waals surface area contributed by atoms with E-state index in [1.165, 1.54) is 0 Å². The highest BCUT2D eigenvalue weighted by Crippen LogP contribution is 2.62. The van der Waals surface area contributed by atoms with E-state index in [1.807, 2.05) is 6.92 Å². The third kappa shape index (κ3) is 1.74. The Morgan fingerprint density at radius 2 is 1.79 bits per heavy atom. The molecule has 0 amide bonds. The minimum Gasteiger partial charge on any atom is -0.393 e. The summed E-state index contributed by atoms with van der Waals surface area (Å²) >= 11 is 0. The first-order valence-electron chi connectivity index (χ1n) is 7.00. The molecule has 2 aliphatic rings. The largest absolute Gasteiger partial charge is 0.393 e. The monoisotopic (exact) mass is 270 g/mol. The van der Waals surface area contributed by atoms with E-state index >= 15 is 0 Å². The van der Waals surface area contributed by atoms with E-state index in [9.17, 15) is 20.4 Å². The highest BCUT2D eigenvalue weighted by atomic mass is 16.4. The fourth-order valence-corrected chi connectivity index (χ4v) is 4.67. The van der Waals surface area contributed by atoms with Crippen molar-refractivity contribution in [2.45, 2.75) is 57.8 Å². The third-order valence-electron chi connectivity index (χ3n) is 5.77. The molecule has 4 N–H and O–H groups in total. The molecule has 0 aromatic rings. The second-order valence-corrected chi connectivity index (χ2v) is 7.22. The van der Waals surface area contributed by atoms with Crippen LogP contribution in [0.2, 0.25) is 0 Å². The van der Waals surface area contributed by atoms with Crippen LogP contribution in [0.15, 0.2) is 12.2 Å². The second-order valence-electron chi connectivity index (χ2n) is 7.22.